The third kappa shape index (κ3) is 7.54. The Morgan fingerprint density at radius 2 is 1.83 bits per heavy atom. The maximum atomic E-state index is 14.0. The Morgan fingerprint density at radius 1 is 1.06 bits per heavy atom. The summed E-state index contributed by atoms with van der Waals surface area (Å²) in [5, 5.41) is 16.6. The summed E-state index contributed by atoms with van der Waals surface area (Å²) in [6, 6.07) is 11.6. The molecule has 278 valence electrons. The maximum absolute atomic E-state index is 14.0. The van der Waals surface area contributed by atoms with Crippen LogP contribution in [0.5, 0.6) is 0 Å². The summed E-state index contributed by atoms with van der Waals surface area (Å²) in [4.78, 5) is 78.4. The molecule has 1 aromatic heterocycles. The van der Waals surface area contributed by atoms with Crippen molar-refractivity contribution in [3.8, 4) is 0 Å². The number of imide groups is 1. The molecular weight excluding hydrogens is 702 g/mol. The van der Waals surface area contributed by atoms with E-state index in [9.17, 15) is 29.1 Å². The summed E-state index contributed by atoms with van der Waals surface area (Å²) in [5.74, 6) is -0.994. The Morgan fingerprint density at radius 3 is 2.58 bits per heavy atom. The van der Waals surface area contributed by atoms with Crippen LogP contribution >= 0.6 is 11.6 Å². The van der Waals surface area contributed by atoms with E-state index in [1.165, 1.54) is 11.2 Å². The minimum absolute atomic E-state index is 0.0267. The fraction of sp³-hybridized carbons (Fsp3) is 0.432. The van der Waals surface area contributed by atoms with Gasteiger partial charge in [0, 0.05) is 80.4 Å². The number of hydrogen-bond acceptors (Lipinski definition) is 11. The van der Waals surface area contributed by atoms with Gasteiger partial charge in [0.15, 0.2) is 0 Å². The number of halogens is 1. The monoisotopic (exact) mass is 743 g/mol. The third-order valence-electron chi connectivity index (χ3n) is 10.5. The van der Waals surface area contributed by atoms with Gasteiger partial charge in [-0.05, 0) is 48.6 Å². The van der Waals surface area contributed by atoms with Crippen molar-refractivity contribution in [1.29, 1.82) is 0 Å². The Balaban J connectivity index is 0.920. The summed E-state index contributed by atoms with van der Waals surface area (Å²) in [6.07, 6.45) is 2.07. The number of rotatable bonds is 11. The summed E-state index contributed by atoms with van der Waals surface area (Å²) in [5.41, 5.74) is 9.73. The number of benzene rings is 2. The van der Waals surface area contributed by atoms with E-state index in [2.05, 4.69) is 43.3 Å². The fourth-order valence-corrected chi connectivity index (χ4v) is 7.83. The van der Waals surface area contributed by atoms with Crippen molar-refractivity contribution in [2.75, 3.05) is 49.6 Å². The second kappa shape index (κ2) is 15.5. The molecule has 1 aliphatic carbocycles. The number of fused-ring (bicyclic) bond motifs is 2. The molecule has 5 N–H and O–H groups in total. The van der Waals surface area contributed by atoms with Crippen LogP contribution in [-0.4, -0.2) is 99.7 Å². The molecule has 7 rings (SSSR count). The number of aromatic nitrogens is 2. The van der Waals surface area contributed by atoms with Crippen LogP contribution in [-0.2, 0) is 25.7 Å². The van der Waals surface area contributed by atoms with E-state index in [-0.39, 0.29) is 55.4 Å². The highest BCUT2D eigenvalue weighted by atomic mass is 35.5. The summed E-state index contributed by atoms with van der Waals surface area (Å²) < 4.78 is 0. The van der Waals surface area contributed by atoms with Gasteiger partial charge in [-0.3, -0.25) is 40.1 Å². The van der Waals surface area contributed by atoms with E-state index in [0.29, 0.717) is 73.2 Å². The lowest BCUT2D eigenvalue weighted by Crippen LogP contribution is -2.52. The van der Waals surface area contributed by atoms with Gasteiger partial charge in [-0.15, -0.1) is 0 Å². The lowest BCUT2D eigenvalue weighted by Gasteiger charge is -2.38. The predicted octanol–water partition coefficient (Wildman–Crippen LogP) is 1.99. The minimum Gasteiger partial charge on any atom is -0.387 e. The SMILES string of the molecule is C[C@@H]1C[C@@H](O)c2ncnc(N3CCN(C(=O)[C@H](CNCCC(=O)NNc4cccc5c4CN(C4CCC(=O)NC4=O)C5=O)c4ccc(Cl)cc4)CC3)c21. The molecule has 4 atom stereocenters. The first kappa shape index (κ1) is 36.2. The van der Waals surface area contributed by atoms with Crippen LogP contribution in [0.3, 0.4) is 0 Å². The van der Waals surface area contributed by atoms with Crippen molar-refractivity contribution in [2.24, 2.45) is 0 Å². The number of aliphatic hydroxyl groups is 1. The van der Waals surface area contributed by atoms with E-state index in [0.717, 1.165) is 16.9 Å². The largest absolute Gasteiger partial charge is 0.387 e. The first-order valence-electron chi connectivity index (χ1n) is 17.9. The Kier molecular flexibility index (Phi) is 10.6. The second-order valence-corrected chi connectivity index (χ2v) is 14.4. The zero-order chi connectivity index (χ0) is 37.2. The van der Waals surface area contributed by atoms with Gasteiger partial charge >= 0.3 is 0 Å². The number of carbonyl (C=O) groups excluding carboxylic acids is 5. The van der Waals surface area contributed by atoms with Gasteiger partial charge in [0.25, 0.3) is 5.91 Å². The van der Waals surface area contributed by atoms with E-state index in [1.807, 2.05) is 17.0 Å². The molecule has 4 aliphatic rings. The van der Waals surface area contributed by atoms with Gasteiger partial charge in [-0.1, -0.05) is 36.7 Å². The van der Waals surface area contributed by atoms with Gasteiger partial charge in [0.2, 0.25) is 23.6 Å². The Labute approximate surface area is 311 Å². The Hall–Kier alpha value is -5.12. The molecule has 0 bridgehead atoms. The predicted molar refractivity (Wildman–Crippen MR) is 195 cm³/mol. The van der Waals surface area contributed by atoms with E-state index in [1.54, 1.807) is 30.3 Å². The summed E-state index contributed by atoms with van der Waals surface area (Å²) in [7, 11) is 0. The van der Waals surface area contributed by atoms with Crippen LogP contribution in [0.4, 0.5) is 11.5 Å². The summed E-state index contributed by atoms with van der Waals surface area (Å²) >= 11 is 6.17. The molecule has 16 heteroatoms. The van der Waals surface area contributed by atoms with Crippen LogP contribution in [0.2, 0.25) is 5.02 Å². The highest BCUT2D eigenvalue weighted by Crippen LogP contribution is 2.43. The van der Waals surface area contributed by atoms with Crippen LogP contribution in [0.25, 0.3) is 0 Å². The molecule has 5 amide bonds. The minimum atomic E-state index is -0.737. The molecule has 2 aromatic carbocycles. The van der Waals surface area contributed by atoms with Crippen molar-refractivity contribution in [3.63, 3.8) is 0 Å². The molecule has 2 fully saturated rings. The number of nitrogens with zero attached hydrogens (tertiary/aromatic N) is 5. The van der Waals surface area contributed by atoms with Crippen LogP contribution in [0.1, 0.15) is 83.3 Å². The van der Waals surface area contributed by atoms with Crippen LogP contribution in [0.15, 0.2) is 48.8 Å². The fourth-order valence-electron chi connectivity index (χ4n) is 7.71. The van der Waals surface area contributed by atoms with Gasteiger partial charge < -0.3 is 25.1 Å². The molecule has 15 nitrogen and oxygen atoms in total. The first-order chi connectivity index (χ1) is 25.6. The normalized spacial score (nSPS) is 21.6. The molecule has 0 saturated carbocycles. The lowest BCUT2D eigenvalue weighted by molar-refractivity contribution is -0.137. The molecular formula is C37H42ClN9O6. The zero-order valence-corrected chi connectivity index (χ0v) is 30.1. The van der Waals surface area contributed by atoms with Crippen LogP contribution < -0.4 is 26.4 Å². The van der Waals surface area contributed by atoms with E-state index < -0.39 is 24.0 Å². The number of nitrogens with one attached hydrogen (secondary N) is 4. The van der Waals surface area contributed by atoms with Crippen molar-refractivity contribution in [3.05, 3.63) is 81.8 Å². The number of piperazine rings is 1. The van der Waals surface area contributed by atoms with Gasteiger partial charge in [0.1, 0.15) is 18.2 Å². The number of amides is 5. The number of piperidine rings is 1. The number of carbonyl (C=O) groups is 5. The zero-order valence-electron chi connectivity index (χ0n) is 29.3. The average Bonchev–Trinajstić information content (AvgIpc) is 3.65. The third-order valence-corrected chi connectivity index (χ3v) is 10.8. The van der Waals surface area contributed by atoms with E-state index in [4.69, 9.17) is 11.6 Å². The van der Waals surface area contributed by atoms with Gasteiger partial charge in [-0.2, -0.15) is 0 Å². The molecule has 53 heavy (non-hydrogen) atoms. The van der Waals surface area contributed by atoms with Gasteiger partial charge in [0.05, 0.1) is 23.4 Å². The smallest absolute Gasteiger partial charge is 0.255 e. The number of anilines is 2. The van der Waals surface area contributed by atoms with Crippen molar-refractivity contribution in [2.45, 2.75) is 63.1 Å². The molecule has 3 aliphatic heterocycles. The molecule has 0 spiro atoms. The Bertz CT molecular complexity index is 1920. The maximum Gasteiger partial charge on any atom is 0.255 e. The first-order valence-corrected chi connectivity index (χ1v) is 18.3. The van der Waals surface area contributed by atoms with Crippen molar-refractivity contribution in [1.82, 2.24) is 35.8 Å². The quantitative estimate of drug-likeness (QED) is 0.110. The number of hydrazine groups is 1. The second-order valence-electron chi connectivity index (χ2n) is 13.9. The summed E-state index contributed by atoms with van der Waals surface area (Å²) in [6.45, 7) is 5.06. The highest BCUT2D eigenvalue weighted by molar-refractivity contribution is 6.30. The molecule has 3 aromatic rings. The molecule has 2 saturated heterocycles. The van der Waals surface area contributed by atoms with Crippen LogP contribution in [0, 0.1) is 0 Å². The molecule has 0 radical (unpaired) electrons. The molecule has 4 heterocycles. The number of hydrogen-bond donors (Lipinski definition) is 5. The lowest BCUT2D eigenvalue weighted by atomic mass is 9.97. The average molecular weight is 744 g/mol. The highest BCUT2D eigenvalue weighted by Gasteiger charge is 2.40. The van der Waals surface area contributed by atoms with Crippen molar-refractivity contribution < 1.29 is 29.1 Å². The van der Waals surface area contributed by atoms with Gasteiger partial charge in [-0.25, -0.2) is 9.97 Å². The van der Waals surface area contributed by atoms with E-state index >= 15 is 0 Å². The number of aliphatic hydroxyl groups excluding tert-OH is 1. The molecule has 1 unspecified atom stereocenters. The van der Waals surface area contributed by atoms with Crippen molar-refractivity contribution >= 4 is 52.6 Å². The topological polar surface area (TPSA) is 189 Å². The standard InChI is InChI=1S/C37H42ClN9O6/c1-21-17-29(48)33-32(21)34(41-20-40-33)45-13-15-46(16-14-45)36(52)25(22-5-7-23(38)8-6-22)18-39-12-11-31(50)44-43-27-4-2-3-24-26(27)19-47(37(24)53)28-9-10-30(49)42-35(28)51/h2-8,20-21,25,28-29,39,43,48H,9-19H2,1H3,(H,44,50)(H,42,49,51)/t21-,25-,28?,29-/m1/s1.